The minimum absolute atomic E-state index is 0.335. The Morgan fingerprint density at radius 2 is 1.80 bits per heavy atom. The van der Waals surface area contributed by atoms with Crippen molar-refractivity contribution in [2.45, 2.75) is 13.5 Å². The highest BCUT2D eigenvalue weighted by Gasteiger charge is 2.06. The summed E-state index contributed by atoms with van der Waals surface area (Å²) < 4.78 is 6.89. The molecule has 0 saturated heterocycles. The fraction of sp³-hybridized carbons (Fsp3) is 0.105. The molecule has 0 N–H and O–H groups in total. The third kappa shape index (κ3) is 4.51. The molecule has 0 aliphatic rings. The maximum atomic E-state index is 12.4. The number of hydrogen-bond donors (Lipinski definition) is 0. The average molecular weight is 352 g/mol. The molecule has 1 aromatic heterocycles. The Morgan fingerprint density at radius 1 is 1.08 bits per heavy atom. The summed E-state index contributed by atoms with van der Waals surface area (Å²) in [5.41, 5.74) is 1.58. The Kier molecular flexibility index (Phi) is 5.20. The van der Waals surface area contributed by atoms with Gasteiger partial charge in [0.1, 0.15) is 5.75 Å². The molecule has 25 heavy (non-hydrogen) atoms. The van der Waals surface area contributed by atoms with E-state index in [0.29, 0.717) is 22.7 Å². The van der Waals surface area contributed by atoms with Gasteiger partial charge in [-0.2, -0.15) is 4.99 Å². The van der Waals surface area contributed by atoms with Gasteiger partial charge in [-0.1, -0.05) is 30.3 Å². The van der Waals surface area contributed by atoms with Gasteiger partial charge in [0.05, 0.1) is 0 Å². The van der Waals surface area contributed by atoms with E-state index in [-0.39, 0.29) is 5.91 Å². The molecule has 0 atom stereocenters. The van der Waals surface area contributed by atoms with Crippen molar-refractivity contribution in [1.29, 1.82) is 0 Å². The van der Waals surface area contributed by atoms with Crippen LogP contribution in [0.5, 0.6) is 5.75 Å². The molecule has 0 saturated carbocycles. The summed E-state index contributed by atoms with van der Waals surface area (Å²) in [7, 11) is 0. The number of carbonyl (C=O) groups is 2. The van der Waals surface area contributed by atoms with Crippen LogP contribution in [0, 0.1) is 0 Å². The van der Waals surface area contributed by atoms with E-state index in [2.05, 4.69) is 4.99 Å². The lowest BCUT2D eigenvalue weighted by atomic mass is 10.2. The number of esters is 1. The normalized spacial score (nSPS) is 11.3. The molecular formula is C19H16N2O3S. The zero-order valence-corrected chi connectivity index (χ0v) is 14.4. The van der Waals surface area contributed by atoms with Crippen LogP contribution in [0.3, 0.4) is 0 Å². The summed E-state index contributed by atoms with van der Waals surface area (Å²) in [6, 6.07) is 16.3. The number of amides is 1. The molecule has 0 aliphatic heterocycles. The number of carbonyl (C=O) groups excluding carboxylic acids is 2. The fourth-order valence-corrected chi connectivity index (χ4v) is 3.00. The molecule has 2 aromatic carbocycles. The van der Waals surface area contributed by atoms with Gasteiger partial charge in [-0.25, -0.2) is 0 Å². The predicted molar refractivity (Wildman–Crippen MR) is 95.5 cm³/mol. The van der Waals surface area contributed by atoms with Crippen molar-refractivity contribution < 1.29 is 14.3 Å². The minimum Gasteiger partial charge on any atom is -0.427 e. The van der Waals surface area contributed by atoms with Crippen LogP contribution >= 0.6 is 11.3 Å². The Balaban J connectivity index is 1.80. The van der Waals surface area contributed by atoms with E-state index in [1.807, 2.05) is 46.5 Å². The highest BCUT2D eigenvalue weighted by molar-refractivity contribution is 7.07. The smallest absolute Gasteiger partial charge is 0.308 e. The Labute approximate surface area is 148 Å². The van der Waals surface area contributed by atoms with Gasteiger partial charge >= 0.3 is 5.97 Å². The molecule has 126 valence electrons. The van der Waals surface area contributed by atoms with Gasteiger partial charge < -0.3 is 9.30 Å². The zero-order valence-electron chi connectivity index (χ0n) is 13.6. The molecular weight excluding hydrogens is 336 g/mol. The van der Waals surface area contributed by atoms with Crippen molar-refractivity contribution in [2.75, 3.05) is 0 Å². The van der Waals surface area contributed by atoms with Crippen molar-refractivity contribution in [3.63, 3.8) is 0 Å². The monoisotopic (exact) mass is 352 g/mol. The lowest BCUT2D eigenvalue weighted by Gasteiger charge is -2.03. The molecule has 0 aliphatic carbocycles. The Hall–Kier alpha value is -2.99. The number of rotatable bonds is 4. The first-order valence-corrected chi connectivity index (χ1v) is 8.55. The molecule has 0 spiro atoms. The van der Waals surface area contributed by atoms with Crippen LogP contribution in [-0.2, 0) is 11.3 Å². The molecule has 0 unspecified atom stereocenters. The van der Waals surface area contributed by atoms with Crippen LogP contribution in [0.1, 0.15) is 22.8 Å². The van der Waals surface area contributed by atoms with Crippen molar-refractivity contribution in [2.24, 2.45) is 4.99 Å². The fourth-order valence-electron chi connectivity index (χ4n) is 2.27. The van der Waals surface area contributed by atoms with Gasteiger partial charge in [0.25, 0.3) is 5.91 Å². The number of aromatic nitrogens is 1. The largest absolute Gasteiger partial charge is 0.427 e. The maximum Gasteiger partial charge on any atom is 0.308 e. The van der Waals surface area contributed by atoms with E-state index >= 15 is 0 Å². The SMILES string of the molecule is CC(=O)Oc1ccc(C(=O)N=c2sccn2Cc2ccccc2)cc1. The van der Waals surface area contributed by atoms with Gasteiger partial charge in [-0.15, -0.1) is 11.3 Å². The van der Waals surface area contributed by atoms with Crippen LogP contribution < -0.4 is 9.54 Å². The molecule has 1 amide bonds. The Bertz CT molecular complexity index is 941. The highest BCUT2D eigenvalue weighted by atomic mass is 32.1. The first-order valence-electron chi connectivity index (χ1n) is 7.67. The van der Waals surface area contributed by atoms with Gasteiger partial charge in [-0.05, 0) is 29.8 Å². The quantitative estimate of drug-likeness (QED) is 0.535. The van der Waals surface area contributed by atoms with Crippen molar-refractivity contribution in [3.05, 3.63) is 82.1 Å². The first kappa shape index (κ1) is 16.9. The van der Waals surface area contributed by atoms with Crippen LogP contribution in [0.15, 0.2) is 71.2 Å². The molecule has 0 radical (unpaired) electrons. The van der Waals surface area contributed by atoms with Gasteiger partial charge in [-0.3, -0.25) is 9.59 Å². The number of nitrogens with zero attached hydrogens (tertiary/aromatic N) is 2. The van der Waals surface area contributed by atoms with Crippen LogP contribution in [-0.4, -0.2) is 16.4 Å². The molecule has 0 bridgehead atoms. The summed E-state index contributed by atoms with van der Waals surface area (Å²) in [6.45, 7) is 1.98. The zero-order chi connectivity index (χ0) is 17.6. The lowest BCUT2D eigenvalue weighted by molar-refractivity contribution is -0.131. The van der Waals surface area contributed by atoms with E-state index in [9.17, 15) is 9.59 Å². The van der Waals surface area contributed by atoms with E-state index < -0.39 is 5.97 Å². The van der Waals surface area contributed by atoms with E-state index in [1.165, 1.54) is 18.3 Å². The second-order valence-electron chi connectivity index (χ2n) is 5.33. The van der Waals surface area contributed by atoms with E-state index in [4.69, 9.17) is 4.74 Å². The highest BCUT2D eigenvalue weighted by Crippen LogP contribution is 2.13. The lowest BCUT2D eigenvalue weighted by Crippen LogP contribution is -2.17. The average Bonchev–Trinajstić information content (AvgIpc) is 3.02. The van der Waals surface area contributed by atoms with Crippen molar-refractivity contribution in [3.8, 4) is 5.75 Å². The number of hydrogen-bond acceptors (Lipinski definition) is 4. The summed E-state index contributed by atoms with van der Waals surface area (Å²) in [4.78, 5) is 28.1. The second-order valence-corrected chi connectivity index (χ2v) is 6.21. The predicted octanol–water partition coefficient (Wildman–Crippen LogP) is 3.26. The second kappa shape index (κ2) is 7.72. The summed E-state index contributed by atoms with van der Waals surface area (Å²) in [6.07, 6.45) is 1.91. The summed E-state index contributed by atoms with van der Waals surface area (Å²) in [5.74, 6) is -0.331. The molecule has 1 heterocycles. The number of ether oxygens (including phenoxy) is 1. The third-order valence-electron chi connectivity index (χ3n) is 3.42. The van der Waals surface area contributed by atoms with E-state index in [0.717, 1.165) is 5.56 Å². The topological polar surface area (TPSA) is 60.7 Å². The summed E-state index contributed by atoms with van der Waals surface area (Å²) >= 11 is 1.41. The van der Waals surface area contributed by atoms with Gasteiger partial charge in [0.15, 0.2) is 4.80 Å². The Morgan fingerprint density at radius 3 is 2.48 bits per heavy atom. The third-order valence-corrected chi connectivity index (χ3v) is 4.21. The first-order chi connectivity index (χ1) is 12.1. The molecule has 3 rings (SSSR count). The van der Waals surface area contributed by atoms with Crippen LogP contribution in [0.4, 0.5) is 0 Å². The van der Waals surface area contributed by atoms with Crippen molar-refractivity contribution in [1.82, 2.24) is 4.57 Å². The van der Waals surface area contributed by atoms with Gasteiger partial charge in [0, 0.05) is 30.6 Å². The van der Waals surface area contributed by atoms with Gasteiger partial charge in [0.2, 0.25) is 0 Å². The number of benzene rings is 2. The molecule has 6 heteroatoms. The molecule has 0 fully saturated rings. The van der Waals surface area contributed by atoms with Crippen molar-refractivity contribution >= 4 is 23.2 Å². The molecule has 3 aromatic rings. The van der Waals surface area contributed by atoms with Crippen LogP contribution in [0.2, 0.25) is 0 Å². The number of thiazole rings is 1. The standard InChI is InChI=1S/C19H16N2O3S/c1-14(22)24-17-9-7-16(8-10-17)18(23)20-19-21(11-12-25-19)13-15-5-3-2-4-6-15/h2-12H,13H2,1H3. The van der Waals surface area contributed by atoms with Crippen LogP contribution in [0.25, 0.3) is 0 Å². The molecule has 5 nitrogen and oxygen atoms in total. The minimum atomic E-state index is -0.399. The summed E-state index contributed by atoms with van der Waals surface area (Å²) in [5, 5.41) is 1.90. The van der Waals surface area contributed by atoms with E-state index in [1.54, 1.807) is 24.3 Å². The maximum absolute atomic E-state index is 12.4.